The van der Waals surface area contributed by atoms with E-state index in [1.54, 1.807) is 0 Å². The normalized spacial score (nSPS) is 15.9. The fraction of sp³-hybridized carbons (Fsp3) is 0.400. The summed E-state index contributed by atoms with van der Waals surface area (Å²) in [5.41, 5.74) is 4.74. The third-order valence-corrected chi connectivity index (χ3v) is 5.89. The molecule has 0 spiro atoms. The van der Waals surface area contributed by atoms with Crippen molar-refractivity contribution in [3.63, 3.8) is 0 Å². The molecule has 4 nitrogen and oxygen atoms in total. The first-order valence-electron chi connectivity index (χ1n) is 10.6. The van der Waals surface area contributed by atoms with Crippen molar-refractivity contribution in [3.05, 3.63) is 60.3 Å². The van der Waals surface area contributed by atoms with E-state index in [9.17, 15) is 0 Å². The lowest BCUT2D eigenvalue weighted by molar-refractivity contribution is 0.0966. The first-order valence-corrected chi connectivity index (χ1v) is 10.6. The standard InChI is InChI=1S/C25H31N3O/c1-19-24(11-8-21-5-4-14-26-25(19)21)20-6-9-22(10-7-20)29-23-12-15-28(16-13-23)18-17-27(2)3/h4-11,14,23H,12-13,15-18H2,1-3H3. The van der Waals surface area contributed by atoms with Gasteiger partial charge in [-0.05, 0) is 68.8 Å². The molecule has 0 N–H and O–H groups in total. The number of rotatable bonds is 6. The molecule has 0 amide bonds. The molecule has 0 unspecified atom stereocenters. The van der Waals surface area contributed by atoms with Crippen LogP contribution >= 0.6 is 0 Å². The maximum absolute atomic E-state index is 6.27. The van der Waals surface area contributed by atoms with Crippen LogP contribution in [0.2, 0.25) is 0 Å². The molecule has 2 heterocycles. The summed E-state index contributed by atoms with van der Waals surface area (Å²) in [6.07, 6.45) is 4.39. The Morgan fingerprint density at radius 3 is 2.52 bits per heavy atom. The fourth-order valence-electron chi connectivity index (χ4n) is 4.10. The molecular weight excluding hydrogens is 358 g/mol. The van der Waals surface area contributed by atoms with Crippen LogP contribution in [0.4, 0.5) is 0 Å². The van der Waals surface area contributed by atoms with E-state index >= 15 is 0 Å². The number of aryl methyl sites for hydroxylation is 1. The highest BCUT2D eigenvalue weighted by Gasteiger charge is 2.20. The number of nitrogens with zero attached hydrogens (tertiary/aromatic N) is 3. The zero-order chi connectivity index (χ0) is 20.2. The third-order valence-electron chi connectivity index (χ3n) is 5.89. The molecule has 152 valence electrons. The zero-order valence-electron chi connectivity index (χ0n) is 17.8. The van der Waals surface area contributed by atoms with Gasteiger partial charge < -0.3 is 14.5 Å². The molecule has 2 aromatic carbocycles. The highest BCUT2D eigenvalue weighted by molar-refractivity contribution is 5.88. The number of hydrogen-bond acceptors (Lipinski definition) is 4. The van der Waals surface area contributed by atoms with Gasteiger partial charge in [0.15, 0.2) is 0 Å². The van der Waals surface area contributed by atoms with Gasteiger partial charge in [-0.15, -0.1) is 0 Å². The summed E-state index contributed by atoms with van der Waals surface area (Å²) in [6.45, 7) is 6.67. The largest absolute Gasteiger partial charge is 0.490 e. The predicted molar refractivity (Wildman–Crippen MR) is 121 cm³/mol. The third kappa shape index (κ3) is 4.77. The number of piperidine rings is 1. The smallest absolute Gasteiger partial charge is 0.119 e. The number of aromatic nitrogens is 1. The average molecular weight is 390 g/mol. The fourth-order valence-corrected chi connectivity index (χ4v) is 4.10. The molecule has 0 aliphatic carbocycles. The highest BCUT2D eigenvalue weighted by atomic mass is 16.5. The lowest BCUT2D eigenvalue weighted by atomic mass is 9.98. The van der Waals surface area contributed by atoms with Crippen LogP contribution < -0.4 is 4.74 Å². The number of likely N-dealkylation sites (N-methyl/N-ethyl adjacent to an activating group) is 1. The van der Waals surface area contributed by atoms with Crippen LogP contribution in [-0.2, 0) is 0 Å². The molecule has 4 rings (SSSR count). The Morgan fingerprint density at radius 2 is 1.79 bits per heavy atom. The van der Waals surface area contributed by atoms with Gasteiger partial charge in [-0.1, -0.05) is 30.3 Å². The van der Waals surface area contributed by atoms with Gasteiger partial charge in [-0.3, -0.25) is 4.98 Å². The molecule has 29 heavy (non-hydrogen) atoms. The lowest BCUT2D eigenvalue weighted by Crippen LogP contribution is -2.41. The Morgan fingerprint density at radius 1 is 1.03 bits per heavy atom. The van der Waals surface area contributed by atoms with E-state index in [0.29, 0.717) is 6.10 Å². The summed E-state index contributed by atoms with van der Waals surface area (Å²) in [5, 5.41) is 1.19. The molecule has 0 bridgehead atoms. The van der Waals surface area contributed by atoms with Gasteiger partial charge >= 0.3 is 0 Å². The van der Waals surface area contributed by atoms with E-state index < -0.39 is 0 Å². The quantitative estimate of drug-likeness (QED) is 0.615. The molecule has 1 saturated heterocycles. The minimum Gasteiger partial charge on any atom is -0.490 e. The second kappa shape index (κ2) is 8.93. The van der Waals surface area contributed by atoms with E-state index in [-0.39, 0.29) is 0 Å². The van der Waals surface area contributed by atoms with E-state index in [4.69, 9.17) is 4.74 Å². The van der Waals surface area contributed by atoms with Gasteiger partial charge in [-0.2, -0.15) is 0 Å². The molecule has 4 heteroatoms. The Bertz CT molecular complexity index is 944. The van der Waals surface area contributed by atoms with Crippen molar-refractivity contribution in [3.8, 4) is 16.9 Å². The van der Waals surface area contributed by atoms with Gasteiger partial charge in [0, 0.05) is 37.8 Å². The van der Waals surface area contributed by atoms with Gasteiger partial charge in [0.1, 0.15) is 11.9 Å². The number of fused-ring (bicyclic) bond motifs is 1. The minimum atomic E-state index is 0.322. The first-order chi connectivity index (χ1) is 14.1. The highest BCUT2D eigenvalue weighted by Crippen LogP contribution is 2.30. The van der Waals surface area contributed by atoms with Crippen molar-refractivity contribution in [2.45, 2.75) is 25.9 Å². The predicted octanol–water partition coefficient (Wildman–Crippen LogP) is 4.62. The Labute approximate surface area is 174 Å². The van der Waals surface area contributed by atoms with Gasteiger partial charge in [0.25, 0.3) is 0 Å². The molecule has 1 aliphatic rings. The van der Waals surface area contributed by atoms with Crippen LogP contribution in [0, 0.1) is 6.92 Å². The van der Waals surface area contributed by atoms with Crippen LogP contribution in [0.1, 0.15) is 18.4 Å². The van der Waals surface area contributed by atoms with Crippen LogP contribution in [0.5, 0.6) is 5.75 Å². The van der Waals surface area contributed by atoms with Crippen molar-refractivity contribution in [1.29, 1.82) is 0 Å². The number of pyridine rings is 1. The second-order valence-electron chi connectivity index (χ2n) is 8.30. The van der Waals surface area contributed by atoms with Gasteiger partial charge in [-0.25, -0.2) is 0 Å². The Balaban J connectivity index is 1.39. The summed E-state index contributed by atoms with van der Waals surface area (Å²) in [4.78, 5) is 9.35. The SMILES string of the molecule is Cc1c(-c2ccc(OC3CCN(CCN(C)C)CC3)cc2)ccc2cccnc12. The molecule has 3 aromatic rings. The van der Waals surface area contributed by atoms with Gasteiger partial charge in [0.2, 0.25) is 0 Å². The summed E-state index contributed by atoms with van der Waals surface area (Å²) in [6, 6.07) is 17.0. The maximum Gasteiger partial charge on any atom is 0.119 e. The van der Waals surface area contributed by atoms with Crippen LogP contribution in [0.3, 0.4) is 0 Å². The number of hydrogen-bond donors (Lipinski definition) is 0. The van der Waals surface area contributed by atoms with E-state index in [2.05, 4.69) is 78.3 Å². The van der Waals surface area contributed by atoms with E-state index in [0.717, 1.165) is 50.3 Å². The summed E-state index contributed by atoms with van der Waals surface area (Å²) in [7, 11) is 4.27. The second-order valence-corrected chi connectivity index (χ2v) is 8.30. The van der Waals surface area contributed by atoms with Crippen LogP contribution in [0.25, 0.3) is 22.0 Å². The van der Waals surface area contributed by atoms with Gasteiger partial charge in [0.05, 0.1) is 5.52 Å². The van der Waals surface area contributed by atoms with Crippen LogP contribution in [-0.4, -0.2) is 61.2 Å². The zero-order valence-corrected chi connectivity index (χ0v) is 17.8. The average Bonchev–Trinajstić information content (AvgIpc) is 2.74. The van der Waals surface area contributed by atoms with Crippen molar-refractivity contribution < 1.29 is 4.74 Å². The van der Waals surface area contributed by atoms with Crippen molar-refractivity contribution in [1.82, 2.24) is 14.8 Å². The molecule has 1 aliphatic heterocycles. The van der Waals surface area contributed by atoms with E-state index in [1.807, 2.05) is 12.3 Å². The molecule has 1 fully saturated rings. The number of likely N-dealkylation sites (tertiary alicyclic amines) is 1. The molecular formula is C25H31N3O. The Hall–Kier alpha value is -2.43. The molecule has 0 atom stereocenters. The van der Waals surface area contributed by atoms with E-state index in [1.165, 1.54) is 22.1 Å². The van der Waals surface area contributed by atoms with Crippen molar-refractivity contribution in [2.75, 3.05) is 40.3 Å². The minimum absolute atomic E-state index is 0.322. The topological polar surface area (TPSA) is 28.6 Å². The first kappa shape index (κ1) is 19.9. The lowest BCUT2D eigenvalue weighted by Gasteiger charge is -2.32. The summed E-state index contributed by atoms with van der Waals surface area (Å²) in [5.74, 6) is 0.969. The molecule has 1 aromatic heterocycles. The molecule has 0 saturated carbocycles. The summed E-state index contributed by atoms with van der Waals surface area (Å²) < 4.78 is 6.27. The maximum atomic E-state index is 6.27. The molecule has 0 radical (unpaired) electrons. The Kier molecular flexibility index (Phi) is 6.12. The van der Waals surface area contributed by atoms with Crippen molar-refractivity contribution in [2.24, 2.45) is 0 Å². The monoisotopic (exact) mass is 389 g/mol. The number of benzene rings is 2. The van der Waals surface area contributed by atoms with Crippen molar-refractivity contribution >= 4 is 10.9 Å². The summed E-state index contributed by atoms with van der Waals surface area (Å²) >= 11 is 0. The number of ether oxygens (including phenoxy) is 1. The van der Waals surface area contributed by atoms with Crippen LogP contribution in [0.15, 0.2) is 54.7 Å².